The fraction of sp³-hybridized carbons (Fsp3) is 1.00. The molecule has 1 nitrogen and oxygen atoms in total. The van der Waals surface area contributed by atoms with E-state index in [0.29, 0.717) is 0 Å². The second kappa shape index (κ2) is 4.31. The molecule has 0 aliphatic heterocycles. The summed E-state index contributed by atoms with van der Waals surface area (Å²) < 4.78 is 42.8. The Morgan fingerprint density at radius 3 is 1.54 bits per heavy atom. The van der Waals surface area contributed by atoms with E-state index in [2.05, 4.69) is 0 Å². The highest BCUT2D eigenvalue weighted by Crippen LogP contribution is 2.39. The minimum atomic E-state index is -4.28. The summed E-state index contributed by atoms with van der Waals surface area (Å²) in [4.78, 5) is 0. The maximum atomic E-state index is 12.6. The molecule has 0 bridgehead atoms. The fourth-order valence-electron chi connectivity index (χ4n) is 1.34. The molecule has 0 unspecified atom stereocenters. The predicted octanol–water partition coefficient (Wildman–Crippen LogP) is 3.53. The van der Waals surface area contributed by atoms with Crippen LogP contribution in [0.25, 0.3) is 0 Å². The van der Waals surface area contributed by atoms with Crippen LogP contribution in [-0.2, 0) is 4.74 Å². The average Bonchev–Trinajstić information content (AvgIpc) is 1.97. The Balaban J connectivity index is 4.70. The first-order chi connectivity index (χ1) is 5.79. The number of hydrogen-bond acceptors (Lipinski definition) is 1. The van der Waals surface area contributed by atoms with Crippen molar-refractivity contribution in [2.45, 2.75) is 58.4 Å². The zero-order valence-electron chi connectivity index (χ0n) is 8.53. The van der Waals surface area contributed by atoms with Crippen molar-refractivity contribution in [1.29, 1.82) is 0 Å². The highest BCUT2D eigenvalue weighted by atomic mass is 19.4. The van der Waals surface area contributed by atoms with Crippen molar-refractivity contribution in [2.24, 2.45) is 0 Å². The molecule has 13 heavy (non-hydrogen) atoms. The molecule has 0 aromatic carbocycles. The quantitative estimate of drug-likeness (QED) is 0.671. The molecular formula is C9H17F3O. The molecule has 0 aromatic rings. The third kappa shape index (κ3) is 2.86. The third-order valence-electron chi connectivity index (χ3n) is 2.12. The van der Waals surface area contributed by atoms with Gasteiger partial charge in [-0.2, -0.15) is 13.2 Å². The molecule has 0 aliphatic carbocycles. The van der Waals surface area contributed by atoms with E-state index in [1.165, 1.54) is 13.8 Å². The standard InChI is InChI=1S/C9H17F3O/c1-5-8(6-2,9(10,11)12)13-7(3)4/h7H,5-6H2,1-4H3. The van der Waals surface area contributed by atoms with Crippen LogP contribution in [0.4, 0.5) is 13.2 Å². The smallest absolute Gasteiger partial charge is 0.363 e. The minimum Gasteiger partial charge on any atom is -0.363 e. The van der Waals surface area contributed by atoms with Crippen LogP contribution in [0.5, 0.6) is 0 Å². The van der Waals surface area contributed by atoms with Gasteiger partial charge in [0.15, 0.2) is 5.60 Å². The predicted molar refractivity (Wildman–Crippen MR) is 45.6 cm³/mol. The Hall–Kier alpha value is -0.250. The van der Waals surface area contributed by atoms with Gasteiger partial charge in [-0.15, -0.1) is 0 Å². The molecule has 0 saturated carbocycles. The molecule has 0 heterocycles. The maximum absolute atomic E-state index is 12.6. The summed E-state index contributed by atoms with van der Waals surface area (Å²) in [5.41, 5.74) is -1.96. The van der Waals surface area contributed by atoms with Crippen molar-refractivity contribution >= 4 is 0 Å². The SMILES string of the molecule is CCC(CC)(OC(C)C)C(F)(F)F. The molecule has 0 saturated heterocycles. The van der Waals surface area contributed by atoms with Crippen molar-refractivity contribution in [1.82, 2.24) is 0 Å². The molecule has 0 spiro atoms. The van der Waals surface area contributed by atoms with E-state index in [1.807, 2.05) is 0 Å². The highest BCUT2D eigenvalue weighted by Gasteiger charge is 2.53. The van der Waals surface area contributed by atoms with Crippen LogP contribution in [0.15, 0.2) is 0 Å². The molecule has 0 atom stereocenters. The monoisotopic (exact) mass is 198 g/mol. The molecule has 0 N–H and O–H groups in total. The lowest BCUT2D eigenvalue weighted by Crippen LogP contribution is -2.48. The molecule has 0 aliphatic rings. The van der Waals surface area contributed by atoms with Gasteiger partial charge in [-0.3, -0.25) is 0 Å². The van der Waals surface area contributed by atoms with Gasteiger partial charge >= 0.3 is 6.18 Å². The van der Waals surface area contributed by atoms with E-state index in [4.69, 9.17) is 4.74 Å². The molecule has 0 radical (unpaired) electrons. The van der Waals surface area contributed by atoms with E-state index in [9.17, 15) is 13.2 Å². The van der Waals surface area contributed by atoms with E-state index in [1.54, 1.807) is 13.8 Å². The Bertz CT molecular complexity index is 147. The Morgan fingerprint density at radius 2 is 1.46 bits per heavy atom. The van der Waals surface area contributed by atoms with Gasteiger partial charge in [0.1, 0.15) is 0 Å². The van der Waals surface area contributed by atoms with Gasteiger partial charge in [-0.25, -0.2) is 0 Å². The van der Waals surface area contributed by atoms with Gasteiger partial charge in [0.25, 0.3) is 0 Å². The Kier molecular flexibility index (Phi) is 4.23. The van der Waals surface area contributed by atoms with Crippen LogP contribution in [0, 0.1) is 0 Å². The first-order valence-electron chi connectivity index (χ1n) is 4.53. The van der Waals surface area contributed by atoms with Crippen LogP contribution >= 0.6 is 0 Å². The zero-order chi connectivity index (χ0) is 10.7. The van der Waals surface area contributed by atoms with Crippen LogP contribution in [0.1, 0.15) is 40.5 Å². The summed E-state index contributed by atoms with van der Waals surface area (Å²) in [7, 11) is 0. The second-order valence-corrected chi connectivity index (χ2v) is 3.37. The number of ether oxygens (including phenoxy) is 1. The molecule has 0 amide bonds. The number of rotatable bonds is 4. The molecule has 4 heteroatoms. The number of halogens is 3. The van der Waals surface area contributed by atoms with Crippen molar-refractivity contribution in [2.75, 3.05) is 0 Å². The molecule has 0 aromatic heterocycles. The van der Waals surface area contributed by atoms with Gasteiger partial charge < -0.3 is 4.74 Å². The second-order valence-electron chi connectivity index (χ2n) is 3.37. The van der Waals surface area contributed by atoms with Crippen LogP contribution in [0.3, 0.4) is 0 Å². The summed E-state index contributed by atoms with van der Waals surface area (Å²) in [6.45, 7) is 6.23. The van der Waals surface area contributed by atoms with Gasteiger partial charge in [-0.05, 0) is 26.7 Å². The Labute approximate surface area is 77.3 Å². The van der Waals surface area contributed by atoms with E-state index < -0.39 is 17.9 Å². The molecule has 80 valence electrons. The lowest BCUT2D eigenvalue weighted by atomic mass is 9.96. The van der Waals surface area contributed by atoms with E-state index >= 15 is 0 Å². The maximum Gasteiger partial charge on any atom is 0.417 e. The van der Waals surface area contributed by atoms with Gasteiger partial charge in [-0.1, -0.05) is 13.8 Å². The van der Waals surface area contributed by atoms with Gasteiger partial charge in [0, 0.05) is 0 Å². The number of alkyl halides is 3. The van der Waals surface area contributed by atoms with Gasteiger partial charge in [0.2, 0.25) is 0 Å². The number of hydrogen-bond donors (Lipinski definition) is 0. The summed E-state index contributed by atoms with van der Waals surface area (Å²) in [5, 5.41) is 0. The summed E-state index contributed by atoms with van der Waals surface area (Å²) in [5.74, 6) is 0. The van der Waals surface area contributed by atoms with Crippen molar-refractivity contribution < 1.29 is 17.9 Å². The topological polar surface area (TPSA) is 9.23 Å². The van der Waals surface area contributed by atoms with Crippen molar-refractivity contribution in [3.8, 4) is 0 Å². The summed E-state index contributed by atoms with van der Waals surface area (Å²) >= 11 is 0. The third-order valence-corrected chi connectivity index (χ3v) is 2.12. The first-order valence-corrected chi connectivity index (χ1v) is 4.53. The first kappa shape index (κ1) is 12.8. The summed E-state index contributed by atoms with van der Waals surface area (Å²) in [6, 6.07) is 0. The van der Waals surface area contributed by atoms with E-state index in [0.717, 1.165) is 0 Å². The zero-order valence-corrected chi connectivity index (χ0v) is 8.53. The average molecular weight is 198 g/mol. The summed E-state index contributed by atoms with van der Waals surface area (Å²) in [6.07, 6.45) is -4.75. The van der Waals surface area contributed by atoms with Crippen LogP contribution < -0.4 is 0 Å². The largest absolute Gasteiger partial charge is 0.417 e. The van der Waals surface area contributed by atoms with Crippen LogP contribution in [-0.4, -0.2) is 17.9 Å². The van der Waals surface area contributed by atoms with Gasteiger partial charge in [0.05, 0.1) is 6.10 Å². The molecular weight excluding hydrogens is 181 g/mol. The van der Waals surface area contributed by atoms with E-state index in [-0.39, 0.29) is 12.8 Å². The highest BCUT2D eigenvalue weighted by molar-refractivity contribution is 4.86. The minimum absolute atomic E-state index is 0.0365. The molecule has 0 fully saturated rings. The lowest BCUT2D eigenvalue weighted by Gasteiger charge is -2.35. The van der Waals surface area contributed by atoms with Crippen molar-refractivity contribution in [3.63, 3.8) is 0 Å². The fourth-order valence-corrected chi connectivity index (χ4v) is 1.34. The van der Waals surface area contributed by atoms with Crippen LogP contribution in [0.2, 0.25) is 0 Å². The van der Waals surface area contributed by atoms with Crippen molar-refractivity contribution in [3.05, 3.63) is 0 Å². The Morgan fingerprint density at radius 1 is 1.08 bits per heavy atom. The lowest BCUT2D eigenvalue weighted by molar-refractivity contribution is -0.290. The molecule has 0 rings (SSSR count). The normalized spacial score (nSPS) is 13.8.